The van der Waals surface area contributed by atoms with Crippen molar-refractivity contribution in [1.29, 1.82) is 0 Å². The van der Waals surface area contributed by atoms with E-state index in [0.29, 0.717) is 30.4 Å². The second kappa shape index (κ2) is 12.6. The number of amides is 2. The van der Waals surface area contributed by atoms with Crippen molar-refractivity contribution in [3.8, 4) is 11.4 Å². The Labute approximate surface area is 225 Å². The smallest absolute Gasteiger partial charge is 0.349 e. The van der Waals surface area contributed by atoms with Crippen molar-refractivity contribution in [2.45, 2.75) is 64.6 Å². The van der Waals surface area contributed by atoms with Gasteiger partial charge in [-0.15, -0.1) is 0 Å². The van der Waals surface area contributed by atoms with Crippen LogP contribution in [0.15, 0.2) is 63.9 Å². The van der Waals surface area contributed by atoms with Gasteiger partial charge >= 0.3 is 5.76 Å². The molecule has 0 unspecified atom stereocenters. The number of carbonyl (C=O) groups excluding carboxylic acids is 3. The van der Waals surface area contributed by atoms with Gasteiger partial charge in [-0.3, -0.25) is 18.9 Å². The molecule has 1 fully saturated rings. The molecule has 9 nitrogen and oxygen atoms in total. The van der Waals surface area contributed by atoms with Crippen LogP contribution in [0.1, 0.15) is 56.3 Å². The number of nitrogens with one attached hydrogen (secondary N) is 2. The fraction of sp³-hybridized carbons (Fsp3) is 0.414. The van der Waals surface area contributed by atoms with Gasteiger partial charge in [0.1, 0.15) is 5.82 Å². The highest BCUT2D eigenvalue weighted by molar-refractivity contribution is 5.95. The Morgan fingerprint density at radius 2 is 1.74 bits per heavy atom. The minimum Gasteiger partial charge on any atom is -0.349 e. The number of hydrogen-bond donors (Lipinski definition) is 2. The van der Waals surface area contributed by atoms with Crippen molar-refractivity contribution in [2.75, 3.05) is 0 Å². The third-order valence-corrected chi connectivity index (χ3v) is 6.97. The summed E-state index contributed by atoms with van der Waals surface area (Å²) < 4.78 is 19.2. The number of benzene rings is 2. The summed E-state index contributed by atoms with van der Waals surface area (Å²) in [4.78, 5) is 52.0. The maximum Gasteiger partial charge on any atom is 0.442 e. The lowest BCUT2D eigenvalue weighted by Crippen LogP contribution is -2.52. The van der Waals surface area contributed by atoms with Crippen LogP contribution in [-0.2, 0) is 16.1 Å². The number of rotatable bonds is 10. The zero-order valence-corrected chi connectivity index (χ0v) is 22.1. The van der Waals surface area contributed by atoms with Crippen molar-refractivity contribution >= 4 is 17.6 Å². The summed E-state index contributed by atoms with van der Waals surface area (Å²) in [6.07, 6.45) is 3.35. The largest absolute Gasteiger partial charge is 0.442 e. The maximum atomic E-state index is 13.5. The van der Waals surface area contributed by atoms with Crippen LogP contribution < -0.4 is 16.4 Å². The molecule has 0 spiro atoms. The Bertz CT molecular complexity index is 1350. The second-order valence-corrected chi connectivity index (χ2v) is 10.4. The van der Waals surface area contributed by atoms with Crippen molar-refractivity contribution in [3.63, 3.8) is 0 Å². The molecule has 0 aliphatic heterocycles. The summed E-state index contributed by atoms with van der Waals surface area (Å²) >= 11 is 0. The van der Waals surface area contributed by atoms with Gasteiger partial charge in [-0.2, -0.15) is 0 Å². The molecule has 4 rings (SSSR count). The average molecular weight is 537 g/mol. The molecule has 1 heterocycles. The number of halogens is 1. The molecule has 2 N–H and O–H groups in total. The SMILES string of the molecule is CC(C)C[C@H](NC(=O)[C@H]1CCCC[C@H]1NC(=O)c1ccccc1)C(=O)Cn1c(-c2ccc(F)cc2)noc1=O. The molecule has 0 saturated heterocycles. The van der Waals surface area contributed by atoms with E-state index < -0.39 is 23.5 Å². The minimum atomic E-state index is -0.854. The molecule has 1 aromatic heterocycles. The molecule has 2 amide bonds. The van der Waals surface area contributed by atoms with Crippen LogP contribution in [0, 0.1) is 17.7 Å². The van der Waals surface area contributed by atoms with Gasteiger partial charge in [-0.1, -0.05) is 50.0 Å². The summed E-state index contributed by atoms with van der Waals surface area (Å²) in [6.45, 7) is 3.50. The average Bonchev–Trinajstić information content (AvgIpc) is 3.28. The fourth-order valence-corrected chi connectivity index (χ4v) is 4.96. The zero-order valence-electron chi connectivity index (χ0n) is 22.1. The van der Waals surface area contributed by atoms with E-state index in [1.807, 2.05) is 19.9 Å². The molecule has 10 heteroatoms. The normalized spacial score (nSPS) is 17.9. The molecule has 1 aliphatic carbocycles. The van der Waals surface area contributed by atoms with Crippen molar-refractivity contribution in [1.82, 2.24) is 20.4 Å². The summed E-state index contributed by atoms with van der Waals surface area (Å²) in [5.41, 5.74) is 0.935. The molecule has 0 radical (unpaired) electrons. The molecule has 206 valence electrons. The Kier molecular flexibility index (Phi) is 9.06. The number of carbonyl (C=O) groups is 3. The lowest BCUT2D eigenvalue weighted by molar-refractivity contribution is -0.132. The molecule has 3 atom stereocenters. The number of ketones is 1. The number of aromatic nitrogens is 2. The standard InChI is InChI=1S/C29H33FN4O5/c1-18(2)16-24(25(35)17-34-26(33-39-29(34)38)19-12-14-21(30)15-13-19)32-28(37)22-10-6-7-11-23(22)31-27(36)20-8-4-3-5-9-20/h3-5,8-9,12-15,18,22-24H,6-7,10-11,16-17H2,1-2H3,(H,31,36)(H,32,37)/t22-,23+,24-/m0/s1. The summed E-state index contributed by atoms with van der Waals surface area (Å²) in [6, 6.07) is 12.9. The number of hydrogen-bond acceptors (Lipinski definition) is 6. The Morgan fingerprint density at radius 1 is 1.05 bits per heavy atom. The molecular formula is C29H33FN4O5. The van der Waals surface area contributed by atoms with Crippen LogP contribution in [0.3, 0.4) is 0 Å². The van der Waals surface area contributed by atoms with E-state index in [1.165, 1.54) is 24.3 Å². The van der Waals surface area contributed by atoms with Crippen LogP contribution in [0.5, 0.6) is 0 Å². The van der Waals surface area contributed by atoms with E-state index in [9.17, 15) is 23.6 Å². The Balaban J connectivity index is 1.49. The van der Waals surface area contributed by atoms with Gasteiger partial charge in [-0.25, -0.2) is 13.8 Å². The van der Waals surface area contributed by atoms with Crippen LogP contribution in [0.25, 0.3) is 11.4 Å². The topological polar surface area (TPSA) is 123 Å². The fourth-order valence-electron chi connectivity index (χ4n) is 4.96. The molecule has 3 aromatic rings. The first-order valence-corrected chi connectivity index (χ1v) is 13.2. The molecule has 0 bridgehead atoms. The van der Waals surface area contributed by atoms with Crippen molar-refractivity contribution in [3.05, 3.63) is 76.5 Å². The van der Waals surface area contributed by atoms with Crippen molar-refractivity contribution < 1.29 is 23.3 Å². The third kappa shape index (κ3) is 7.07. The lowest BCUT2D eigenvalue weighted by Gasteiger charge is -2.32. The molecule has 1 aliphatic rings. The van der Waals surface area contributed by atoms with Gasteiger partial charge in [0.05, 0.1) is 18.5 Å². The van der Waals surface area contributed by atoms with E-state index in [4.69, 9.17) is 4.52 Å². The molecular weight excluding hydrogens is 503 g/mol. The van der Waals surface area contributed by atoms with Crippen LogP contribution in [-0.4, -0.2) is 39.4 Å². The number of nitrogens with zero attached hydrogens (tertiary/aromatic N) is 2. The summed E-state index contributed by atoms with van der Waals surface area (Å²) in [7, 11) is 0. The maximum absolute atomic E-state index is 13.5. The second-order valence-electron chi connectivity index (χ2n) is 10.4. The first kappa shape index (κ1) is 27.9. The predicted molar refractivity (Wildman–Crippen MR) is 142 cm³/mol. The Morgan fingerprint density at radius 3 is 2.44 bits per heavy atom. The van der Waals surface area contributed by atoms with Gasteiger partial charge in [0.2, 0.25) is 5.91 Å². The molecule has 1 saturated carbocycles. The van der Waals surface area contributed by atoms with Gasteiger partial charge < -0.3 is 10.6 Å². The minimum absolute atomic E-state index is 0.0787. The van der Waals surface area contributed by atoms with Gasteiger partial charge in [0, 0.05) is 17.2 Å². The van der Waals surface area contributed by atoms with Crippen molar-refractivity contribution in [2.24, 2.45) is 11.8 Å². The van der Waals surface area contributed by atoms with E-state index in [2.05, 4.69) is 15.8 Å². The first-order valence-electron chi connectivity index (χ1n) is 13.2. The lowest BCUT2D eigenvalue weighted by atomic mass is 9.83. The van der Waals surface area contributed by atoms with Gasteiger partial charge in [0.25, 0.3) is 5.91 Å². The van der Waals surface area contributed by atoms with Gasteiger partial charge in [0.15, 0.2) is 11.6 Å². The third-order valence-electron chi connectivity index (χ3n) is 6.97. The molecule has 39 heavy (non-hydrogen) atoms. The highest BCUT2D eigenvalue weighted by Crippen LogP contribution is 2.26. The first-order chi connectivity index (χ1) is 18.7. The quantitative estimate of drug-likeness (QED) is 0.407. The van der Waals surface area contributed by atoms with Gasteiger partial charge in [-0.05, 0) is 61.6 Å². The highest BCUT2D eigenvalue weighted by Gasteiger charge is 2.34. The van der Waals surface area contributed by atoms with E-state index in [-0.39, 0.29) is 41.9 Å². The Hall–Kier alpha value is -4.08. The monoisotopic (exact) mass is 536 g/mol. The molecule has 2 aromatic carbocycles. The summed E-state index contributed by atoms with van der Waals surface area (Å²) in [5.74, 6) is -2.51. The van der Waals surface area contributed by atoms with E-state index in [0.717, 1.165) is 17.4 Å². The summed E-state index contributed by atoms with van der Waals surface area (Å²) in [5, 5.41) is 9.67. The zero-order chi connectivity index (χ0) is 27.9. The van der Waals surface area contributed by atoms with E-state index in [1.54, 1.807) is 24.3 Å². The highest BCUT2D eigenvalue weighted by atomic mass is 19.1. The van der Waals surface area contributed by atoms with Crippen LogP contribution in [0.4, 0.5) is 4.39 Å². The van der Waals surface area contributed by atoms with E-state index >= 15 is 0 Å². The predicted octanol–water partition coefficient (Wildman–Crippen LogP) is 3.73. The van der Waals surface area contributed by atoms with Crippen LogP contribution in [0.2, 0.25) is 0 Å². The number of Topliss-reactive ketones (excluding diaryl/α,β-unsaturated/α-hetero) is 1. The van der Waals surface area contributed by atoms with Crippen LogP contribution >= 0.6 is 0 Å².